The molecule has 0 aromatic heterocycles. The van der Waals surface area contributed by atoms with E-state index < -0.39 is 0 Å². The Morgan fingerprint density at radius 1 is 1.40 bits per heavy atom. The van der Waals surface area contributed by atoms with E-state index >= 15 is 0 Å². The largest absolute Gasteiger partial charge is 0.389 e. The Labute approximate surface area is 101 Å². The lowest BCUT2D eigenvalue weighted by molar-refractivity contribution is 1.38. The maximum absolute atomic E-state index is 5.52. The number of benzene rings is 1. The Morgan fingerprint density at radius 2 is 2.00 bits per heavy atom. The Bertz CT molecular complexity index is 354. The first-order chi connectivity index (χ1) is 7.09. The molecule has 1 nitrogen and oxygen atoms in total. The highest BCUT2D eigenvalue weighted by Crippen LogP contribution is 2.15. The van der Waals surface area contributed by atoms with Crippen LogP contribution < -0.4 is 5.73 Å². The van der Waals surface area contributed by atoms with Crippen LogP contribution in [0.15, 0.2) is 36.4 Å². The monoisotopic (exact) mass is 237 g/mol. The van der Waals surface area contributed by atoms with Crippen molar-refractivity contribution in [2.45, 2.75) is 12.7 Å². The maximum Gasteiger partial charge on any atom is 0.103 e. The SMILES string of the molecule is C=C(C)CSCc1ccc(C(N)=S)cc1. The number of hydrogen-bond acceptors (Lipinski definition) is 2. The summed E-state index contributed by atoms with van der Waals surface area (Å²) in [6.07, 6.45) is 0. The van der Waals surface area contributed by atoms with Crippen molar-refractivity contribution in [3.8, 4) is 0 Å². The summed E-state index contributed by atoms with van der Waals surface area (Å²) < 4.78 is 0. The molecule has 0 aliphatic carbocycles. The molecule has 1 aromatic rings. The summed E-state index contributed by atoms with van der Waals surface area (Å²) in [5, 5.41) is 0. The molecule has 0 heterocycles. The highest BCUT2D eigenvalue weighted by atomic mass is 32.2. The van der Waals surface area contributed by atoms with Crippen LogP contribution in [-0.4, -0.2) is 10.7 Å². The lowest BCUT2D eigenvalue weighted by Gasteiger charge is -2.03. The van der Waals surface area contributed by atoms with Gasteiger partial charge in [0, 0.05) is 17.1 Å². The molecule has 0 aliphatic heterocycles. The van der Waals surface area contributed by atoms with E-state index in [0.29, 0.717) is 4.99 Å². The van der Waals surface area contributed by atoms with E-state index in [-0.39, 0.29) is 0 Å². The van der Waals surface area contributed by atoms with Gasteiger partial charge in [0.2, 0.25) is 0 Å². The average Bonchev–Trinajstić information content (AvgIpc) is 2.18. The zero-order chi connectivity index (χ0) is 11.3. The molecule has 0 fully saturated rings. The lowest BCUT2D eigenvalue weighted by atomic mass is 10.1. The van der Waals surface area contributed by atoms with Gasteiger partial charge in [-0.3, -0.25) is 0 Å². The standard InChI is InChI=1S/C12H15NS2/c1-9(2)7-15-8-10-3-5-11(6-4-10)12(13)14/h3-6H,1,7-8H2,2H3,(H2,13,14). The van der Waals surface area contributed by atoms with E-state index in [1.54, 1.807) is 0 Å². The maximum atomic E-state index is 5.52. The Kier molecular flexibility index (Phi) is 4.85. The molecule has 0 amide bonds. The topological polar surface area (TPSA) is 26.0 Å². The molecule has 0 bridgehead atoms. The van der Waals surface area contributed by atoms with Gasteiger partial charge >= 0.3 is 0 Å². The second kappa shape index (κ2) is 5.93. The molecule has 0 aliphatic rings. The van der Waals surface area contributed by atoms with Crippen LogP contribution in [0.4, 0.5) is 0 Å². The van der Waals surface area contributed by atoms with E-state index in [1.165, 1.54) is 11.1 Å². The molecule has 3 heteroatoms. The van der Waals surface area contributed by atoms with Crippen molar-refractivity contribution >= 4 is 29.0 Å². The predicted octanol–water partition coefficient (Wildman–Crippen LogP) is 3.13. The van der Waals surface area contributed by atoms with Gasteiger partial charge in [-0.25, -0.2) is 0 Å². The number of thiocarbonyl (C=S) groups is 1. The van der Waals surface area contributed by atoms with Gasteiger partial charge in [0.15, 0.2) is 0 Å². The third-order valence-corrected chi connectivity index (χ3v) is 3.33. The molecule has 2 N–H and O–H groups in total. The fraction of sp³-hybridized carbons (Fsp3) is 0.250. The van der Waals surface area contributed by atoms with Gasteiger partial charge in [0.1, 0.15) is 4.99 Å². The lowest BCUT2D eigenvalue weighted by Crippen LogP contribution is -2.08. The van der Waals surface area contributed by atoms with E-state index in [9.17, 15) is 0 Å². The van der Waals surface area contributed by atoms with Gasteiger partial charge < -0.3 is 5.73 Å². The summed E-state index contributed by atoms with van der Waals surface area (Å²) in [4.78, 5) is 0.455. The van der Waals surface area contributed by atoms with E-state index in [4.69, 9.17) is 18.0 Å². The quantitative estimate of drug-likeness (QED) is 0.629. The summed E-state index contributed by atoms with van der Waals surface area (Å²) in [5.74, 6) is 2.02. The summed E-state index contributed by atoms with van der Waals surface area (Å²) in [5.41, 5.74) is 8.95. The average molecular weight is 237 g/mol. The zero-order valence-corrected chi connectivity index (χ0v) is 10.5. The minimum atomic E-state index is 0.455. The van der Waals surface area contributed by atoms with Gasteiger partial charge in [-0.15, -0.1) is 0 Å². The molecule has 1 rings (SSSR count). The number of nitrogens with two attached hydrogens (primary N) is 1. The summed E-state index contributed by atoms with van der Waals surface area (Å²) in [6, 6.07) is 8.08. The van der Waals surface area contributed by atoms with E-state index in [2.05, 4.69) is 18.7 Å². The summed E-state index contributed by atoms with van der Waals surface area (Å²) in [7, 11) is 0. The van der Waals surface area contributed by atoms with Crippen LogP contribution in [0.25, 0.3) is 0 Å². The van der Waals surface area contributed by atoms with Gasteiger partial charge in [-0.2, -0.15) is 11.8 Å². The molecule has 0 spiro atoms. The third kappa shape index (κ3) is 4.49. The van der Waals surface area contributed by atoms with Crippen LogP contribution in [0.3, 0.4) is 0 Å². The second-order valence-electron chi connectivity index (χ2n) is 3.51. The molecule has 15 heavy (non-hydrogen) atoms. The van der Waals surface area contributed by atoms with E-state index in [0.717, 1.165) is 17.1 Å². The Balaban J connectivity index is 2.50. The van der Waals surface area contributed by atoms with Crippen molar-refractivity contribution in [3.05, 3.63) is 47.5 Å². The first-order valence-electron chi connectivity index (χ1n) is 4.70. The van der Waals surface area contributed by atoms with Crippen molar-refractivity contribution in [3.63, 3.8) is 0 Å². The van der Waals surface area contributed by atoms with Crippen LogP contribution in [0.5, 0.6) is 0 Å². The Hall–Kier alpha value is -0.800. The summed E-state index contributed by atoms with van der Waals surface area (Å²) in [6.45, 7) is 5.91. The van der Waals surface area contributed by atoms with Crippen molar-refractivity contribution in [1.29, 1.82) is 0 Å². The van der Waals surface area contributed by atoms with Gasteiger partial charge in [0.05, 0.1) is 0 Å². The minimum Gasteiger partial charge on any atom is -0.389 e. The van der Waals surface area contributed by atoms with Gasteiger partial charge in [-0.1, -0.05) is 48.6 Å². The first kappa shape index (κ1) is 12.3. The summed E-state index contributed by atoms with van der Waals surface area (Å²) >= 11 is 6.75. The van der Waals surface area contributed by atoms with Crippen molar-refractivity contribution < 1.29 is 0 Å². The van der Waals surface area contributed by atoms with Gasteiger partial charge in [-0.05, 0) is 12.5 Å². The fourth-order valence-electron chi connectivity index (χ4n) is 1.11. The zero-order valence-electron chi connectivity index (χ0n) is 8.82. The highest BCUT2D eigenvalue weighted by molar-refractivity contribution is 7.98. The molecule has 80 valence electrons. The second-order valence-corrected chi connectivity index (χ2v) is 4.94. The molecule has 0 unspecified atom stereocenters. The molecular weight excluding hydrogens is 222 g/mol. The van der Waals surface area contributed by atoms with Crippen LogP contribution in [-0.2, 0) is 5.75 Å². The van der Waals surface area contributed by atoms with Crippen LogP contribution >= 0.6 is 24.0 Å². The highest BCUT2D eigenvalue weighted by Gasteiger charge is 1.97. The molecule has 0 saturated carbocycles. The molecule has 0 radical (unpaired) electrons. The molecule has 0 saturated heterocycles. The van der Waals surface area contributed by atoms with Crippen molar-refractivity contribution in [2.24, 2.45) is 5.73 Å². The van der Waals surface area contributed by atoms with Crippen molar-refractivity contribution in [2.75, 3.05) is 5.75 Å². The van der Waals surface area contributed by atoms with Crippen molar-refractivity contribution in [1.82, 2.24) is 0 Å². The van der Waals surface area contributed by atoms with Crippen LogP contribution in [0.2, 0.25) is 0 Å². The Morgan fingerprint density at radius 3 is 2.47 bits per heavy atom. The smallest absolute Gasteiger partial charge is 0.103 e. The molecular formula is C12H15NS2. The fourth-order valence-corrected chi connectivity index (χ4v) is 2.12. The number of hydrogen-bond donors (Lipinski definition) is 1. The predicted molar refractivity (Wildman–Crippen MR) is 73.3 cm³/mol. The first-order valence-corrected chi connectivity index (χ1v) is 6.27. The molecule has 0 atom stereocenters. The number of thioether (sulfide) groups is 1. The van der Waals surface area contributed by atoms with E-state index in [1.807, 2.05) is 30.8 Å². The van der Waals surface area contributed by atoms with Crippen LogP contribution in [0, 0.1) is 0 Å². The third-order valence-electron chi connectivity index (χ3n) is 1.86. The van der Waals surface area contributed by atoms with Gasteiger partial charge in [0.25, 0.3) is 0 Å². The minimum absolute atomic E-state index is 0.455. The molecule has 1 aromatic carbocycles. The number of rotatable bonds is 5. The van der Waals surface area contributed by atoms with Crippen LogP contribution in [0.1, 0.15) is 18.1 Å². The normalized spacial score (nSPS) is 9.93.